The van der Waals surface area contributed by atoms with E-state index in [2.05, 4.69) is 5.32 Å². The van der Waals surface area contributed by atoms with Crippen LogP contribution in [0.4, 0.5) is 0 Å². The van der Waals surface area contributed by atoms with Crippen LogP contribution in [0.15, 0.2) is 29.2 Å². The van der Waals surface area contributed by atoms with Gasteiger partial charge in [-0.1, -0.05) is 25.1 Å². The molecule has 4 nitrogen and oxygen atoms in total. The van der Waals surface area contributed by atoms with Gasteiger partial charge in [0.15, 0.2) is 9.84 Å². The minimum Gasteiger partial charge on any atom is -0.389 e. The van der Waals surface area contributed by atoms with Crippen LogP contribution in [0.3, 0.4) is 0 Å². The number of aliphatic hydroxyl groups is 1. The molecule has 1 aromatic rings. The number of nitrogens with one attached hydrogen (secondary N) is 1. The fourth-order valence-electron chi connectivity index (χ4n) is 2.27. The molecule has 1 aliphatic heterocycles. The molecule has 2 rings (SSSR count). The molecule has 0 radical (unpaired) electrons. The molecule has 0 aromatic heterocycles. The molecule has 5 heteroatoms. The Morgan fingerprint density at radius 1 is 1.42 bits per heavy atom. The van der Waals surface area contributed by atoms with Crippen LogP contribution in [0.5, 0.6) is 0 Å². The van der Waals surface area contributed by atoms with Gasteiger partial charge < -0.3 is 10.4 Å². The third-order valence-corrected chi connectivity index (χ3v) is 5.61. The van der Waals surface area contributed by atoms with E-state index in [0.29, 0.717) is 24.3 Å². The smallest absolute Gasteiger partial charge is 0.178 e. The third kappa shape index (κ3) is 3.16. The number of hydrogen-bond acceptors (Lipinski definition) is 4. The van der Waals surface area contributed by atoms with E-state index in [1.165, 1.54) is 0 Å². The van der Waals surface area contributed by atoms with Crippen molar-refractivity contribution in [3.63, 3.8) is 0 Å². The van der Waals surface area contributed by atoms with Crippen LogP contribution in [0.25, 0.3) is 0 Å². The second-order valence-corrected chi connectivity index (χ2v) is 7.51. The Hall–Kier alpha value is -0.910. The van der Waals surface area contributed by atoms with Crippen LogP contribution < -0.4 is 5.32 Å². The Morgan fingerprint density at radius 3 is 2.79 bits per heavy atom. The molecule has 2 N–H and O–H groups in total. The summed E-state index contributed by atoms with van der Waals surface area (Å²) in [5.41, 5.74) is 0.0614. The standard InChI is InChI=1S/C14H21NO3S/c1-3-14(2,16)10-15-12-8-9-19(17,18)13-7-5-4-6-11(12)13/h4-7,12,15-16H,3,8-10H2,1-2H3. The maximum atomic E-state index is 12.0. The van der Waals surface area contributed by atoms with Gasteiger partial charge in [-0.05, 0) is 31.4 Å². The Labute approximate surface area is 114 Å². The first-order valence-electron chi connectivity index (χ1n) is 6.63. The summed E-state index contributed by atoms with van der Waals surface area (Å²) in [7, 11) is -3.14. The second-order valence-electron chi connectivity index (χ2n) is 5.43. The van der Waals surface area contributed by atoms with Crippen molar-refractivity contribution >= 4 is 9.84 Å². The number of sulfone groups is 1. The second kappa shape index (κ2) is 5.23. The van der Waals surface area contributed by atoms with Crippen molar-refractivity contribution in [3.8, 4) is 0 Å². The van der Waals surface area contributed by atoms with Gasteiger partial charge in [0.1, 0.15) is 0 Å². The molecule has 1 aromatic carbocycles. The average Bonchev–Trinajstić information content (AvgIpc) is 2.38. The molecular formula is C14H21NO3S. The van der Waals surface area contributed by atoms with Crippen LogP contribution in [-0.2, 0) is 9.84 Å². The van der Waals surface area contributed by atoms with Crippen molar-refractivity contribution in [2.75, 3.05) is 12.3 Å². The maximum Gasteiger partial charge on any atom is 0.178 e. The molecule has 0 amide bonds. The number of rotatable bonds is 4. The van der Waals surface area contributed by atoms with E-state index in [0.717, 1.165) is 5.56 Å². The predicted octanol–water partition coefficient (Wildman–Crippen LogP) is 1.66. The van der Waals surface area contributed by atoms with Gasteiger partial charge in [-0.25, -0.2) is 8.42 Å². The molecule has 0 fully saturated rings. The van der Waals surface area contributed by atoms with Crippen LogP contribution in [-0.4, -0.2) is 31.4 Å². The topological polar surface area (TPSA) is 66.4 Å². The molecule has 0 spiro atoms. The van der Waals surface area contributed by atoms with Crippen LogP contribution >= 0.6 is 0 Å². The molecule has 106 valence electrons. The summed E-state index contributed by atoms with van der Waals surface area (Å²) in [4.78, 5) is 0.426. The first kappa shape index (κ1) is 14.5. The monoisotopic (exact) mass is 283 g/mol. The molecule has 1 aliphatic rings. The fourth-order valence-corrected chi connectivity index (χ4v) is 3.89. The minimum absolute atomic E-state index is 0.00208. The summed E-state index contributed by atoms with van der Waals surface area (Å²) in [6.45, 7) is 4.18. The molecule has 19 heavy (non-hydrogen) atoms. The lowest BCUT2D eigenvalue weighted by Gasteiger charge is -2.30. The Kier molecular flexibility index (Phi) is 3.99. The van der Waals surface area contributed by atoms with Gasteiger partial charge in [-0.3, -0.25) is 0 Å². The Morgan fingerprint density at radius 2 is 2.11 bits per heavy atom. The molecular weight excluding hydrogens is 262 g/mol. The van der Waals surface area contributed by atoms with Gasteiger partial charge in [0, 0.05) is 12.6 Å². The maximum absolute atomic E-state index is 12.0. The normalized spacial score (nSPS) is 24.5. The van der Waals surface area contributed by atoms with Gasteiger partial charge in [0.2, 0.25) is 0 Å². The summed E-state index contributed by atoms with van der Waals surface area (Å²) in [5.74, 6) is 0.163. The van der Waals surface area contributed by atoms with E-state index >= 15 is 0 Å². The zero-order valence-corrected chi connectivity index (χ0v) is 12.2. The summed E-state index contributed by atoms with van der Waals surface area (Å²) in [5, 5.41) is 13.3. The van der Waals surface area contributed by atoms with E-state index in [-0.39, 0.29) is 11.8 Å². The molecule has 2 unspecified atom stereocenters. The molecule has 0 bridgehead atoms. The van der Waals surface area contributed by atoms with Crippen molar-refractivity contribution in [2.24, 2.45) is 0 Å². The SMILES string of the molecule is CCC(C)(O)CNC1CCS(=O)(=O)c2ccccc21. The van der Waals surface area contributed by atoms with Crippen molar-refractivity contribution in [3.05, 3.63) is 29.8 Å². The number of hydrogen-bond donors (Lipinski definition) is 2. The first-order valence-corrected chi connectivity index (χ1v) is 8.28. The van der Waals surface area contributed by atoms with E-state index in [4.69, 9.17) is 0 Å². The molecule has 0 saturated heterocycles. The van der Waals surface area contributed by atoms with Gasteiger partial charge >= 0.3 is 0 Å². The molecule has 1 heterocycles. The van der Waals surface area contributed by atoms with Gasteiger partial charge in [-0.2, -0.15) is 0 Å². The highest BCUT2D eigenvalue weighted by molar-refractivity contribution is 7.91. The van der Waals surface area contributed by atoms with Crippen LogP contribution in [0, 0.1) is 0 Å². The summed E-state index contributed by atoms with van der Waals surface area (Å²) >= 11 is 0. The highest BCUT2D eigenvalue weighted by atomic mass is 32.2. The minimum atomic E-state index is -3.14. The lowest BCUT2D eigenvalue weighted by atomic mass is 10.00. The summed E-state index contributed by atoms with van der Waals surface area (Å²) in [6.07, 6.45) is 1.21. The summed E-state index contributed by atoms with van der Waals surface area (Å²) < 4.78 is 24.0. The first-order chi connectivity index (χ1) is 8.86. The van der Waals surface area contributed by atoms with Crippen LogP contribution in [0.2, 0.25) is 0 Å². The van der Waals surface area contributed by atoms with Crippen molar-refractivity contribution in [1.29, 1.82) is 0 Å². The molecule has 0 aliphatic carbocycles. The molecule has 2 atom stereocenters. The van der Waals surface area contributed by atoms with Crippen molar-refractivity contribution in [2.45, 2.75) is 43.2 Å². The lowest BCUT2D eigenvalue weighted by molar-refractivity contribution is 0.0525. The van der Waals surface area contributed by atoms with Crippen LogP contribution in [0.1, 0.15) is 38.3 Å². The zero-order chi connectivity index (χ0) is 14.1. The van der Waals surface area contributed by atoms with E-state index in [9.17, 15) is 13.5 Å². The molecule has 0 saturated carbocycles. The van der Waals surface area contributed by atoms with Gasteiger partial charge in [-0.15, -0.1) is 0 Å². The Balaban J connectivity index is 2.21. The predicted molar refractivity (Wildman–Crippen MR) is 74.8 cm³/mol. The highest BCUT2D eigenvalue weighted by Crippen LogP contribution is 2.32. The quantitative estimate of drug-likeness (QED) is 0.882. The summed E-state index contributed by atoms with van der Waals surface area (Å²) in [6, 6.07) is 7.12. The zero-order valence-electron chi connectivity index (χ0n) is 11.4. The van der Waals surface area contributed by atoms with Crippen molar-refractivity contribution in [1.82, 2.24) is 5.32 Å². The lowest BCUT2D eigenvalue weighted by Crippen LogP contribution is -2.40. The van der Waals surface area contributed by atoms with Gasteiger partial charge in [0.25, 0.3) is 0 Å². The van der Waals surface area contributed by atoms with Gasteiger partial charge in [0.05, 0.1) is 16.2 Å². The van der Waals surface area contributed by atoms with E-state index in [1.54, 1.807) is 19.1 Å². The van der Waals surface area contributed by atoms with E-state index < -0.39 is 15.4 Å². The fraction of sp³-hybridized carbons (Fsp3) is 0.571. The largest absolute Gasteiger partial charge is 0.389 e. The Bertz CT molecular complexity index is 552. The average molecular weight is 283 g/mol. The third-order valence-electron chi connectivity index (χ3n) is 3.80. The van der Waals surface area contributed by atoms with E-state index in [1.807, 2.05) is 19.1 Å². The highest BCUT2D eigenvalue weighted by Gasteiger charge is 2.30. The number of benzene rings is 1. The van der Waals surface area contributed by atoms with Crippen molar-refractivity contribution < 1.29 is 13.5 Å². The number of fused-ring (bicyclic) bond motifs is 1.